The van der Waals surface area contributed by atoms with Crippen LogP contribution in [0.4, 0.5) is 5.82 Å². The Morgan fingerprint density at radius 1 is 0.684 bits per heavy atom. The highest BCUT2D eigenvalue weighted by atomic mass is 15.2. The molecule has 0 saturated carbocycles. The smallest absolute Gasteiger partial charge is 0.272 e. The molecule has 0 amide bonds. The fourth-order valence-electron chi connectivity index (χ4n) is 5.57. The summed E-state index contributed by atoms with van der Waals surface area (Å²) in [5.74, 6) is 2.39. The molecule has 2 N–H and O–H groups in total. The van der Waals surface area contributed by atoms with Gasteiger partial charge in [-0.25, -0.2) is 4.57 Å². The van der Waals surface area contributed by atoms with Crippen LogP contribution >= 0.6 is 0 Å². The van der Waals surface area contributed by atoms with Crippen LogP contribution in [0.15, 0.2) is 67.1 Å². The first kappa shape index (κ1) is 27.6. The molecule has 4 aromatic rings. The fraction of sp³-hybridized carbons (Fsp3) is 0.412. The molecule has 0 atom stereocenters. The molecule has 2 heterocycles. The van der Waals surface area contributed by atoms with E-state index in [2.05, 4.69) is 131 Å². The molecule has 4 nitrogen and oxygen atoms in total. The highest BCUT2D eigenvalue weighted by Crippen LogP contribution is 2.34. The fourth-order valence-corrected chi connectivity index (χ4v) is 5.57. The van der Waals surface area contributed by atoms with Crippen LogP contribution in [0, 0.1) is 6.92 Å². The van der Waals surface area contributed by atoms with E-state index in [9.17, 15) is 0 Å². The Morgan fingerprint density at radius 2 is 1.18 bits per heavy atom. The summed E-state index contributed by atoms with van der Waals surface area (Å²) >= 11 is 0. The average Bonchev–Trinajstić information content (AvgIpc) is 3.19. The summed E-state index contributed by atoms with van der Waals surface area (Å²) in [6.07, 6.45) is 4.42. The number of rotatable bonds is 8. The van der Waals surface area contributed by atoms with E-state index in [1.807, 2.05) is 12.1 Å². The molecular weight excluding hydrogens is 464 g/mol. The van der Waals surface area contributed by atoms with E-state index in [-0.39, 0.29) is 0 Å². The Labute approximate surface area is 229 Å². The standard InChI is InChI=1S/C34H45N4/c1-22(2)27-14-12-15-28(23(3)4)33(27)37-21-38(31(26(37)9)20-36-19-11-10-18-32(36)35)34-29(24(5)6)16-13-17-30(34)25(7)8/h10-19,21-25,35H,20H2,1-9H3/q+1/p+1. The second-order valence-electron chi connectivity index (χ2n) is 11.8. The van der Waals surface area contributed by atoms with Gasteiger partial charge in [0.05, 0.1) is 6.20 Å². The predicted molar refractivity (Wildman–Crippen MR) is 159 cm³/mol. The number of nitrogens with zero attached hydrogens (tertiary/aromatic N) is 3. The van der Waals surface area contributed by atoms with Crippen molar-refractivity contribution in [3.8, 4) is 11.4 Å². The van der Waals surface area contributed by atoms with Gasteiger partial charge in [-0.2, -0.15) is 9.13 Å². The Morgan fingerprint density at radius 3 is 1.66 bits per heavy atom. The average molecular weight is 511 g/mol. The zero-order valence-corrected chi connectivity index (χ0v) is 24.8. The molecule has 0 fully saturated rings. The third-order valence-corrected chi connectivity index (χ3v) is 7.76. The lowest BCUT2D eigenvalue weighted by Crippen LogP contribution is -2.45. The summed E-state index contributed by atoms with van der Waals surface area (Å²) in [4.78, 5) is 0. The maximum Gasteiger partial charge on any atom is 0.272 e. The number of benzene rings is 2. The molecule has 200 valence electrons. The SMILES string of the molecule is Cc1c(C[n+]2ccccc2N)[n+](-c2c(C(C)C)cccc2C(C)C)cn1-c1c(C(C)C)cccc1C(C)C. The molecule has 0 radical (unpaired) electrons. The molecule has 0 aliphatic heterocycles. The highest BCUT2D eigenvalue weighted by Gasteiger charge is 2.31. The number of nitrogen functional groups attached to an aromatic ring is 1. The van der Waals surface area contributed by atoms with Crippen LogP contribution < -0.4 is 14.9 Å². The zero-order chi connectivity index (χ0) is 27.7. The van der Waals surface area contributed by atoms with Crippen LogP contribution in [-0.4, -0.2) is 4.57 Å². The summed E-state index contributed by atoms with van der Waals surface area (Å²) in [5, 5.41) is 0. The van der Waals surface area contributed by atoms with Crippen LogP contribution in [0.25, 0.3) is 11.4 Å². The summed E-state index contributed by atoms with van der Waals surface area (Å²) in [7, 11) is 0. The maximum atomic E-state index is 6.46. The van der Waals surface area contributed by atoms with Crippen LogP contribution in [0.2, 0.25) is 0 Å². The third-order valence-electron chi connectivity index (χ3n) is 7.76. The first-order chi connectivity index (χ1) is 18.0. The second kappa shape index (κ2) is 11.1. The molecule has 2 aromatic carbocycles. The molecule has 0 aliphatic rings. The van der Waals surface area contributed by atoms with Crippen molar-refractivity contribution in [2.75, 3.05) is 5.73 Å². The predicted octanol–water partition coefficient (Wildman–Crippen LogP) is 7.47. The van der Waals surface area contributed by atoms with Gasteiger partial charge < -0.3 is 0 Å². The molecular formula is C34H46N4+2. The van der Waals surface area contributed by atoms with Crippen LogP contribution in [-0.2, 0) is 6.54 Å². The number of anilines is 1. The minimum absolute atomic E-state index is 0.399. The van der Waals surface area contributed by atoms with E-state index in [4.69, 9.17) is 5.73 Å². The number of pyridine rings is 1. The van der Waals surface area contributed by atoms with Gasteiger partial charge in [-0.1, -0.05) is 97.9 Å². The van der Waals surface area contributed by atoms with Gasteiger partial charge in [0.2, 0.25) is 0 Å². The lowest BCUT2D eigenvalue weighted by atomic mass is 9.92. The number of hydrogen-bond donors (Lipinski definition) is 1. The Balaban J connectivity index is 2.12. The van der Waals surface area contributed by atoms with Gasteiger partial charge in [0.25, 0.3) is 12.1 Å². The minimum atomic E-state index is 0.399. The highest BCUT2D eigenvalue weighted by molar-refractivity contribution is 5.53. The second-order valence-corrected chi connectivity index (χ2v) is 11.8. The minimum Gasteiger partial charge on any atom is -0.287 e. The van der Waals surface area contributed by atoms with E-state index in [1.165, 1.54) is 45.0 Å². The number of aromatic nitrogens is 3. The Hall–Kier alpha value is -3.40. The molecule has 0 spiro atoms. The van der Waals surface area contributed by atoms with Gasteiger partial charge in [-0.05, 0) is 29.7 Å². The summed E-state index contributed by atoms with van der Waals surface area (Å²) in [6.45, 7) is 21.3. The molecule has 4 rings (SSSR count). The number of imidazole rings is 1. The lowest BCUT2D eigenvalue weighted by Gasteiger charge is -2.18. The van der Waals surface area contributed by atoms with Crippen molar-refractivity contribution < 1.29 is 9.13 Å². The largest absolute Gasteiger partial charge is 0.287 e. The topological polar surface area (TPSA) is 38.7 Å². The van der Waals surface area contributed by atoms with Crippen molar-refractivity contribution in [1.82, 2.24) is 4.57 Å². The molecule has 0 aliphatic carbocycles. The van der Waals surface area contributed by atoms with E-state index >= 15 is 0 Å². The first-order valence-electron chi connectivity index (χ1n) is 14.2. The van der Waals surface area contributed by atoms with Gasteiger partial charge in [-0.15, -0.1) is 0 Å². The van der Waals surface area contributed by atoms with Crippen LogP contribution in [0.5, 0.6) is 0 Å². The molecule has 0 bridgehead atoms. The molecule has 4 heteroatoms. The monoisotopic (exact) mass is 510 g/mol. The van der Waals surface area contributed by atoms with Gasteiger partial charge in [0.1, 0.15) is 11.4 Å². The van der Waals surface area contributed by atoms with Crippen molar-refractivity contribution in [2.24, 2.45) is 0 Å². The van der Waals surface area contributed by atoms with Crippen LogP contribution in [0.3, 0.4) is 0 Å². The van der Waals surface area contributed by atoms with Crippen molar-refractivity contribution in [3.63, 3.8) is 0 Å². The number of para-hydroxylation sites is 2. The number of nitrogens with two attached hydrogens (primary N) is 1. The molecule has 38 heavy (non-hydrogen) atoms. The summed E-state index contributed by atoms with van der Waals surface area (Å²) < 4.78 is 7.05. The van der Waals surface area contributed by atoms with Crippen molar-refractivity contribution >= 4 is 5.82 Å². The Bertz CT molecular complexity index is 1370. The summed E-state index contributed by atoms with van der Waals surface area (Å²) in [6, 6.07) is 19.6. The first-order valence-corrected chi connectivity index (χ1v) is 14.2. The van der Waals surface area contributed by atoms with Crippen molar-refractivity contribution in [2.45, 2.75) is 92.5 Å². The Kier molecular flexibility index (Phi) is 8.10. The van der Waals surface area contributed by atoms with Gasteiger partial charge in [0.15, 0.2) is 17.9 Å². The third kappa shape index (κ3) is 5.14. The van der Waals surface area contributed by atoms with E-state index < -0.39 is 0 Å². The van der Waals surface area contributed by atoms with Crippen molar-refractivity contribution in [1.29, 1.82) is 0 Å². The van der Waals surface area contributed by atoms with E-state index in [0.29, 0.717) is 30.2 Å². The summed E-state index contributed by atoms with van der Waals surface area (Å²) in [5.41, 5.74) is 17.0. The van der Waals surface area contributed by atoms with Crippen molar-refractivity contribution in [3.05, 3.63) is 101 Å². The lowest BCUT2D eigenvalue weighted by molar-refractivity contribution is -0.704. The van der Waals surface area contributed by atoms with Gasteiger partial charge in [-0.3, -0.25) is 5.73 Å². The number of hydrogen-bond acceptors (Lipinski definition) is 1. The maximum absolute atomic E-state index is 6.46. The van der Waals surface area contributed by atoms with Crippen LogP contribution in [0.1, 0.15) is 113 Å². The molecule has 0 unspecified atom stereocenters. The van der Waals surface area contributed by atoms with E-state index in [0.717, 1.165) is 5.82 Å². The normalized spacial score (nSPS) is 11.9. The zero-order valence-electron chi connectivity index (χ0n) is 24.8. The van der Waals surface area contributed by atoms with Gasteiger partial charge in [0, 0.05) is 35.2 Å². The quantitative estimate of drug-likeness (QED) is 0.245. The van der Waals surface area contributed by atoms with E-state index in [1.54, 1.807) is 0 Å². The molecule has 0 saturated heterocycles. The van der Waals surface area contributed by atoms with Gasteiger partial charge >= 0.3 is 0 Å². The molecule has 2 aromatic heterocycles.